The minimum absolute atomic E-state index is 0.0821. The zero-order chi connectivity index (χ0) is 17.2. The Morgan fingerprint density at radius 2 is 1.88 bits per heavy atom. The number of nitrogens with zero attached hydrogens (tertiary/aromatic N) is 3. The Kier molecular flexibility index (Phi) is 4.55. The van der Waals surface area contributed by atoms with Crippen molar-refractivity contribution in [1.82, 2.24) is 15.0 Å². The van der Waals surface area contributed by atoms with Crippen molar-refractivity contribution in [2.75, 3.05) is 13.1 Å². The second-order valence-corrected chi connectivity index (χ2v) is 5.82. The van der Waals surface area contributed by atoms with Gasteiger partial charge in [0, 0.05) is 19.0 Å². The molecule has 1 fully saturated rings. The number of rotatable bonds is 3. The van der Waals surface area contributed by atoms with Crippen molar-refractivity contribution in [2.45, 2.75) is 31.4 Å². The van der Waals surface area contributed by atoms with E-state index in [9.17, 15) is 18.0 Å². The lowest BCUT2D eigenvalue weighted by molar-refractivity contribution is -0.137. The van der Waals surface area contributed by atoms with E-state index >= 15 is 0 Å². The maximum atomic E-state index is 12.5. The molecule has 1 amide bonds. The third-order valence-electron chi connectivity index (χ3n) is 4.23. The van der Waals surface area contributed by atoms with Crippen LogP contribution < -0.4 is 0 Å². The molecule has 0 atom stereocenters. The quantitative estimate of drug-likeness (QED) is 0.862. The molecule has 1 aromatic heterocycles. The fourth-order valence-corrected chi connectivity index (χ4v) is 2.84. The second-order valence-electron chi connectivity index (χ2n) is 5.82. The molecule has 0 aliphatic carbocycles. The maximum absolute atomic E-state index is 12.5. The minimum atomic E-state index is -4.36. The van der Waals surface area contributed by atoms with Crippen molar-refractivity contribution < 1.29 is 22.5 Å². The van der Waals surface area contributed by atoms with Gasteiger partial charge in [0.25, 0.3) is 0 Å². The lowest BCUT2D eigenvalue weighted by atomic mass is 9.95. The fraction of sp³-hybridized carbons (Fsp3) is 0.438. The van der Waals surface area contributed by atoms with E-state index in [0.29, 0.717) is 24.5 Å². The average Bonchev–Trinajstić information content (AvgIpc) is 3.09. The first-order valence-electron chi connectivity index (χ1n) is 7.63. The van der Waals surface area contributed by atoms with E-state index < -0.39 is 11.7 Å². The summed E-state index contributed by atoms with van der Waals surface area (Å²) in [6, 6.07) is 4.72. The number of piperidine rings is 1. The van der Waals surface area contributed by atoms with Crippen LogP contribution in [-0.2, 0) is 17.4 Å². The molecule has 24 heavy (non-hydrogen) atoms. The third kappa shape index (κ3) is 3.74. The number of halogens is 3. The Labute approximate surface area is 136 Å². The van der Waals surface area contributed by atoms with Gasteiger partial charge in [-0.3, -0.25) is 4.79 Å². The first-order chi connectivity index (χ1) is 11.4. The number of benzene rings is 1. The summed E-state index contributed by atoms with van der Waals surface area (Å²) in [5.41, 5.74) is -0.132. The Balaban J connectivity index is 1.54. The molecule has 0 bridgehead atoms. The van der Waals surface area contributed by atoms with Gasteiger partial charge >= 0.3 is 6.18 Å². The van der Waals surface area contributed by atoms with Gasteiger partial charge < -0.3 is 9.42 Å². The summed E-state index contributed by atoms with van der Waals surface area (Å²) in [5.74, 6) is 0.755. The van der Waals surface area contributed by atoms with E-state index in [1.165, 1.54) is 18.5 Å². The highest BCUT2D eigenvalue weighted by Gasteiger charge is 2.30. The molecule has 8 heteroatoms. The largest absolute Gasteiger partial charge is 0.416 e. The van der Waals surface area contributed by atoms with Gasteiger partial charge in [-0.15, -0.1) is 0 Å². The normalized spacial score (nSPS) is 16.4. The molecule has 3 rings (SSSR count). The SMILES string of the molecule is O=C(Cc1ccc(C(F)(F)F)cc1)N1CCC(c2ncon2)CC1. The molecule has 5 nitrogen and oxygen atoms in total. The van der Waals surface area contributed by atoms with Gasteiger partial charge in [0.1, 0.15) is 0 Å². The monoisotopic (exact) mass is 339 g/mol. The molecule has 1 aliphatic rings. The summed E-state index contributed by atoms with van der Waals surface area (Å²) >= 11 is 0. The highest BCUT2D eigenvalue weighted by Crippen LogP contribution is 2.29. The van der Waals surface area contributed by atoms with E-state index in [2.05, 4.69) is 10.1 Å². The molecule has 2 aromatic rings. The number of amides is 1. The number of hydrogen-bond donors (Lipinski definition) is 0. The van der Waals surface area contributed by atoms with Crippen LogP contribution in [0.5, 0.6) is 0 Å². The Morgan fingerprint density at radius 3 is 2.42 bits per heavy atom. The summed E-state index contributed by atoms with van der Waals surface area (Å²) in [6.45, 7) is 1.16. The van der Waals surface area contributed by atoms with Crippen LogP contribution in [0.2, 0.25) is 0 Å². The van der Waals surface area contributed by atoms with Crippen LogP contribution in [0.25, 0.3) is 0 Å². The standard InChI is InChI=1S/C16H16F3N3O2/c17-16(18,19)13-3-1-11(2-4-13)9-14(23)22-7-5-12(6-8-22)15-20-10-24-21-15/h1-4,10,12H,5-9H2. The van der Waals surface area contributed by atoms with Crippen LogP contribution in [0.3, 0.4) is 0 Å². The van der Waals surface area contributed by atoms with Crippen LogP contribution in [-0.4, -0.2) is 34.0 Å². The second kappa shape index (κ2) is 6.62. The van der Waals surface area contributed by atoms with Crippen molar-refractivity contribution in [3.63, 3.8) is 0 Å². The van der Waals surface area contributed by atoms with Crippen LogP contribution in [0.1, 0.15) is 35.7 Å². The first-order valence-corrected chi connectivity index (χ1v) is 7.63. The van der Waals surface area contributed by atoms with Gasteiger partial charge in [-0.25, -0.2) is 0 Å². The van der Waals surface area contributed by atoms with E-state index in [1.807, 2.05) is 0 Å². The van der Waals surface area contributed by atoms with Crippen molar-refractivity contribution in [3.05, 3.63) is 47.6 Å². The van der Waals surface area contributed by atoms with Crippen molar-refractivity contribution in [2.24, 2.45) is 0 Å². The van der Waals surface area contributed by atoms with Crippen LogP contribution in [0.15, 0.2) is 35.2 Å². The summed E-state index contributed by atoms with van der Waals surface area (Å²) < 4.78 is 42.3. The highest BCUT2D eigenvalue weighted by atomic mass is 19.4. The fourth-order valence-electron chi connectivity index (χ4n) is 2.84. The first kappa shape index (κ1) is 16.5. The highest BCUT2D eigenvalue weighted by molar-refractivity contribution is 5.78. The average molecular weight is 339 g/mol. The number of alkyl halides is 3. The van der Waals surface area contributed by atoms with Crippen LogP contribution in [0, 0.1) is 0 Å². The van der Waals surface area contributed by atoms with Crippen molar-refractivity contribution in [3.8, 4) is 0 Å². The number of likely N-dealkylation sites (tertiary alicyclic amines) is 1. The lowest BCUT2D eigenvalue weighted by Crippen LogP contribution is -2.39. The van der Waals surface area contributed by atoms with E-state index in [4.69, 9.17) is 4.52 Å². The molecule has 0 spiro atoms. The smallest absolute Gasteiger partial charge is 0.343 e. The molecule has 0 N–H and O–H groups in total. The third-order valence-corrected chi connectivity index (χ3v) is 4.23. The Morgan fingerprint density at radius 1 is 1.21 bits per heavy atom. The van der Waals surface area contributed by atoms with Gasteiger partial charge in [-0.1, -0.05) is 17.3 Å². The molecule has 1 saturated heterocycles. The molecular formula is C16H16F3N3O2. The number of aromatic nitrogens is 2. The van der Waals surface area contributed by atoms with E-state index in [0.717, 1.165) is 25.0 Å². The van der Waals surface area contributed by atoms with E-state index in [-0.39, 0.29) is 18.2 Å². The molecule has 128 valence electrons. The van der Waals surface area contributed by atoms with Crippen LogP contribution >= 0.6 is 0 Å². The predicted octanol–water partition coefficient (Wildman–Crippen LogP) is 3.04. The Hall–Kier alpha value is -2.38. The van der Waals surface area contributed by atoms with Crippen molar-refractivity contribution in [1.29, 1.82) is 0 Å². The number of carbonyl (C=O) groups is 1. The number of carbonyl (C=O) groups excluding carboxylic acids is 1. The molecule has 0 saturated carbocycles. The van der Waals surface area contributed by atoms with Crippen molar-refractivity contribution >= 4 is 5.91 Å². The van der Waals surface area contributed by atoms with Gasteiger partial charge in [-0.05, 0) is 30.5 Å². The Bertz CT molecular complexity index is 676. The van der Waals surface area contributed by atoms with Crippen LogP contribution in [0.4, 0.5) is 13.2 Å². The summed E-state index contributed by atoms with van der Waals surface area (Å²) in [6.07, 6.45) is -1.47. The molecule has 2 heterocycles. The lowest BCUT2D eigenvalue weighted by Gasteiger charge is -2.30. The number of hydrogen-bond acceptors (Lipinski definition) is 4. The molecule has 0 radical (unpaired) electrons. The summed E-state index contributed by atoms with van der Waals surface area (Å²) in [7, 11) is 0. The summed E-state index contributed by atoms with van der Waals surface area (Å²) in [4.78, 5) is 18.1. The topological polar surface area (TPSA) is 59.2 Å². The van der Waals surface area contributed by atoms with Gasteiger partial charge in [-0.2, -0.15) is 18.2 Å². The predicted molar refractivity (Wildman–Crippen MR) is 78.0 cm³/mol. The zero-order valence-electron chi connectivity index (χ0n) is 12.8. The molecule has 1 aliphatic heterocycles. The van der Waals surface area contributed by atoms with Gasteiger partial charge in [0.2, 0.25) is 12.3 Å². The van der Waals surface area contributed by atoms with Gasteiger partial charge in [0.15, 0.2) is 5.82 Å². The van der Waals surface area contributed by atoms with Gasteiger partial charge in [0.05, 0.1) is 12.0 Å². The maximum Gasteiger partial charge on any atom is 0.416 e. The van der Waals surface area contributed by atoms with E-state index in [1.54, 1.807) is 4.90 Å². The summed E-state index contributed by atoms with van der Waals surface area (Å²) in [5, 5.41) is 3.82. The molecular weight excluding hydrogens is 323 g/mol. The minimum Gasteiger partial charge on any atom is -0.343 e. The zero-order valence-corrected chi connectivity index (χ0v) is 12.8. The molecule has 1 aromatic carbocycles. The molecule has 0 unspecified atom stereocenters.